The molecule has 1 aliphatic rings. The average Bonchev–Trinajstić information content (AvgIpc) is 2.20. The van der Waals surface area contributed by atoms with Crippen LogP contribution in [0.15, 0.2) is 12.2 Å². The molecule has 0 heterocycles. The van der Waals surface area contributed by atoms with Crippen LogP contribution < -0.4 is 5.32 Å². The van der Waals surface area contributed by atoms with Gasteiger partial charge in [-0.2, -0.15) is 0 Å². The Hall–Kier alpha value is -1.32. The smallest absolute Gasteiger partial charge is 0.322 e. The molecule has 1 rings (SSSR count). The second kappa shape index (κ2) is 5.68. The van der Waals surface area contributed by atoms with Crippen molar-refractivity contribution < 1.29 is 14.7 Å². The molecule has 0 spiro atoms. The van der Waals surface area contributed by atoms with Crippen LogP contribution in [0.1, 0.15) is 39.0 Å². The van der Waals surface area contributed by atoms with Gasteiger partial charge in [-0.1, -0.05) is 19.1 Å². The molecule has 0 saturated carbocycles. The summed E-state index contributed by atoms with van der Waals surface area (Å²) in [6.07, 6.45) is 8.72. The first kappa shape index (κ1) is 12.7. The number of hydrogen-bond donors (Lipinski definition) is 2. The van der Waals surface area contributed by atoms with Crippen LogP contribution in [0, 0.1) is 5.41 Å². The summed E-state index contributed by atoms with van der Waals surface area (Å²) in [6, 6.07) is 0. The quantitative estimate of drug-likeness (QED) is 0.719. The molecule has 0 fully saturated rings. The third-order valence-electron chi connectivity index (χ3n) is 3.08. The van der Waals surface area contributed by atoms with Crippen LogP contribution in [0.4, 0.5) is 0 Å². The first-order chi connectivity index (χ1) is 7.54. The maximum absolute atomic E-state index is 11.9. The zero-order valence-electron chi connectivity index (χ0n) is 9.66. The first-order valence-corrected chi connectivity index (χ1v) is 5.70. The number of carboxylic acid groups (broad SMARTS) is 1. The number of amides is 1. The van der Waals surface area contributed by atoms with Crippen molar-refractivity contribution in [1.29, 1.82) is 0 Å². The third kappa shape index (κ3) is 3.68. The fraction of sp³-hybridized carbons (Fsp3) is 0.667. The molecule has 2 N–H and O–H groups in total. The lowest BCUT2D eigenvalue weighted by atomic mass is 9.78. The van der Waals surface area contributed by atoms with E-state index in [1.54, 1.807) is 0 Å². The zero-order valence-corrected chi connectivity index (χ0v) is 9.66. The minimum absolute atomic E-state index is 0.134. The maximum atomic E-state index is 11.9. The molecule has 1 amide bonds. The molecule has 0 aromatic heterocycles. The molecule has 0 bridgehead atoms. The van der Waals surface area contributed by atoms with Gasteiger partial charge in [-0.05, 0) is 32.1 Å². The van der Waals surface area contributed by atoms with Gasteiger partial charge in [0.1, 0.15) is 6.54 Å². The summed E-state index contributed by atoms with van der Waals surface area (Å²) in [5, 5.41) is 11.0. The van der Waals surface area contributed by atoms with Crippen LogP contribution in [0.3, 0.4) is 0 Å². The summed E-state index contributed by atoms with van der Waals surface area (Å²) < 4.78 is 0. The van der Waals surface area contributed by atoms with Gasteiger partial charge in [0.05, 0.1) is 0 Å². The van der Waals surface area contributed by atoms with Crippen molar-refractivity contribution in [3.05, 3.63) is 12.2 Å². The average molecular weight is 225 g/mol. The van der Waals surface area contributed by atoms with Crippen molar-refractivity contribution in [2.24, 2.45) is 5.41 Å². The van der Waals surface area contributed by atoms with Gasteiger partial charge in [0.2, 0.25) is 5.91 Å². The van der Waals surface area contributed by atoms with Gasteiger partial charge < -0.3 is 10.4 Å². The fourth-order valence-corrected chi connectivity index (χ4v) is 1.97. The normalized spacial score (nSPS) is 27.6. The Morgan fingerprint density at radius 1 is 1.31 bits per heavy atom. The number of carboxylic acids is 1. The van der Waals surface area contributed by atoms with Gasteiger partial charge in [-0.25, -0.2) is 0 Å². The second-order valence-corrected chi connectivity index (χ2v) is 4.54. The Morgan fingerprint density at radius 3 is 2.69 bits per heavy atom. The van der Waals surface area contributed by atoms with E-state index in [0.717, 1.165) is 32.1 Å². The summed E-state index contributed by atoms with van der Waals surface area (Å²) in [4.78, 5) is 22.3. The molecule has 4 nitrogen and oxygen atoms in total. The van der Waals surface area contributed by atoms with Crippen LogP contribution in [0.5, 0.6) is 0 Å². The molecular weight excluding hydrogens is 206 g/mol. The Morgan fingerprint density at radius 2 is 2.00 bits per heavy atom. The molecule has 16 heavy (non-hydrogen) atoms. The Labute approximate surface area is 95.7 Å². The summed E-state index contributed by atoms with van der Waals surface area (Å²) in [7, 11) is 0. The van der Waals surface area contributed by atoms with E-state index in [0.29, 0.717) is 0 Å². The number of aliphatic carboxylic acids is 1. The summed E-state index contributed by atoms with van der Waals surface area (Å²) in [5.41, 5.74) is -0.416. The highest BCUT2D eigenvalue weighted by molar-refractivity contribution is 5.85. The number of rotatable bonds is 3. The molecule has 0 aliphatic heterocycles. The van der Waals surface area contributed by atoms with Crippen molar-refractivity contribution >= 4 is 11.9 Å². The van der Waals surface area contributed by atoms with E-state index >= 15 is 0 Å². The van der Waals surface area contributed by atoms with Crippen LogP contribution >= 0.6 is 0 Å². The third-order valence-corrected chi connectivity index (χ3v) is 3.08. The molecular formula is C12H19NO3. The van der Waals surface area contributed by atoms with E-state index in [1.807, 2.05) is 6.92 Å². The van der Waals surface area contributed by atoms with Gasteiger partial charge in [0, 0.05) is 5.41 Å². The standard InChI is InChI=1S/C12H19NO3/c1-12(11(16)13-9-10(14)15)7-5-3-2-4-6-8-12/h2-3H,4-9H2,1H3,(H,13,16)(H,14,15)/b3-2+/t12-/m1/s1. The Bertz CT molecular complexity index is 299. The molecule has 0 unspecified atom stereocenters. The minimum Gasteiger partial charge on any atom is -0.480 e. The summed E-state index contributed by atoms with van der Waals surface area (Å²) >= 11 is 0. The SMILES string of the molecule is C[C@@]1(C(=O)NCC(=O)O)CC/C=C/CCC1. The number of allylic oxidation sites excluding steroid dienone is 2. The van der Waals surface area contributed by atoms with Crippen molar-refractivity contribution in [3.8, 4) is 0 Å². The van der Waals surface area contributed by atoms with E-state index in [4.69, 9.17) is 5.11 Å². The van der Waals surface area contributed by atoms with Gasteiger partial charge in [-0.15, -0.1) is 0 Å². The zero-order chi connectivity index (χ0) is 12.0. The topological polar surface area (TPSA) is 66.4 Å². The Kier molecular flexibility index (Phi) is 4.52. The molecule has 0 saturated heterocycles. The van der Waals surface area contributed by atoms with Gasteiger partial charge in [0.25, 0.3) is 0 Å². The highest BCUT2D eigenvalue weighted by Crippen LogP contribution is 2.31. The lowest BCUT2D eigenvalue weighted by Crippen LogP contribution is -2.41. The maximum Gasteiger partial charge on any atom is 0.322 e. The van der Waals surface area contributed by atoms with E-state index in [2.05, 4.69) is 17.5 Å². The fourth-order valence-electron chi connectivity index (χ4n) is 1.97. The molecule has 4 heteroatoms. The van der Waals surface area contributed by atoms with Crippen LogP contribution in [0.25, 0.3) is 0 Å². The van der Waals surface area contributed by atoms with Gasteiger partial charge >= 0.3 is 5.97 Å². The largest absolute Gasteiger partial charge is 0.480 e. The Balaban J connectivity index is 2.56. The second-order valence-electron chi connectivity index (χ2n) is 4.54. The van der Waals surface area contributed by atoms with Crippen LogP contribution in [0.2, 0.25) is 0 Å². The molecule has 0 aromatic carbocycles. The molecule has 0 aromatic rings. The number of nitrogens with one attached hydrogen (secondary N) is 1. The van der Waals surface area contributed by atoms with Crippen molar-refractivity contribution in [3.63, 3.8) is 0 Å². The molecule has 1 atom stereocenters. The van der Waals surface area contributed by atoms with E-state index < -0.39 is 11.4 Å². The number of carbonyl (C=O) groups is 2. The minimum atomic E-state index is -0.998. The lowest BCUT2D eigenvalue weighted by molar-refractivity contribution is -0.140. The monoisotopic (exact) mass is 225 g/mol. The predicted octanol–water partition coefficient (Wildman–Crippen LogP) is 1.71. The van der Waals surface area contributed by atoms with Crippen molar-refractivity contribution in [1.82, 2.24) is 5.32 Å². The van der Waals surface area contributed by atoms with Crippen molar-refractivity contribution in [2.75, 3.05) is 6.54 Å². The molecule has 90 valence electrons. The highest BCUT2D eigenvalue weighted by atomic mass is 16.4. The highest BCUT2D eigenvalue weighted by Gasteiger charge is 2.32. The number of carbonyl (C=O) groups excluding carboxylic acids is 1. The first-order valence-electron chi connectivity index (χ1n) is 5.70. The van der Waals surface area contributed by atoms with E-state index in [9.17, 15) is 9.59 Å². The lowest BCUT2D eigenvalue weighted by Gasteiger charge is -2.28. The van der Waals surface area contributed by atoms with Crippen LogP contribution in [-0.4, -0.2) is 23.5 Å². The van der Waals surface area contributed by atoms with E-state index in [1.165, 1.54) is 0 Å². The molecule has 0 radical (unpaired) electrons. The predicted molar refractivity (Wildman–Crippen MR) is 61.0 cm³/mol. The molecule has 1 aliphatic carbocycles. The van der Waals surface area contributed by atoms with Crippen molar-refractivity contribution in [2.45, 2.75) is 39.0 Å². The van der Waals surface area contributed by atoms with Gasteiger partial charge in [-0.3, -0.25) is 9.59 Å². The number of hydrogen-bond acceptors (Lipinski definition) is 2. The van der Waals surface area contributed by atoms with Crippen LogP contribution in [-0.2, 0) is 9.59 Å². The summed E-state index contributed by atoms with van der Waals surface area (Å²) in [5.74, 6) is -1.13. The van der Waals surface area contributed by atoms with Gasteiger partial charge in [0.15, 0.2) is 0 Å². The van der Waals surface area contributed by atoms with E-state index in [-0.39, 0.29) is 12.5 Å². The summed E-state index contributed by atoms with van der Waals surface area (Å²) in [6.45, 7) is 1.63.